The van der Waals surface area contributed by atoms with Crippen molar-refractivity contribution in [3.8, 4) is 0 Å². The van der Waals surface area contributed by atoms with Crippen LogP contribution < -0.4 is 10.6 Å². The highest BCUT2D eigenvalue weighted by atomic mass is 35.5. The van der Waals surface area contributed by atoms with Gasteiger partial charge in [0.25, 0.3) is 0 Å². The first-order valence-corrected chi connectivity index (χ1v) is 7.51. The van der Waals surface area contributed by atoms with Gasteiger partial charge in [0.1, 0.15) is 4.32 Å². The zero-order chi connectivity index (χ0) is 16.5. The summed E-state index contributed by atoms with van der Waals surface area (Å²) in [7, 11) is 0. The number of hydrogen-bond acceptors (Lipinski definition) is 4. The van der Waals surface area contributed by atoms with Gasteiger partial charge in [0.05, 0.1) is 16.5 Å². The molecule has 0 aliphatic carbocycles. The first-order chi connectivity index (χ1) is 10.2. The molecule has 118 valence electrons. The number of nitrogens with one attached hydrogen (secondary N) is 2. The minimum Gasteiger partial charge on any atom is -0.325 e. The van der Waals surface area contributed by atoms with Gasteiger partial charge < -0.3 is 10.6 Å². The molecule has 0 bridgehead atoms. The lowest BCUT2D eigenvalue weighted by Gasteiger charge is -2.14. The number of alkyl halides is 3. The SMILES string of the molecule is O=C(C[C@@H]1SC(=S)NC1=O)Nc1ccc(Cl)cc1C(F)(F)F. The van der Waals surface area contributed by atoms with Crippen molar-refractivity contribution in [1.82, 2.24) is 5.32 Å². The molecule has 1 aliphatic heterocycles. The third kappa shape index (κ3) is 4.11. The van der Waals surface area contributed by atoms with Gasteiger partial charge in [-0.25, -0.2) is 0 Å². The van der Waals surface area contributed by atoms with Crippen LogP contribution in [0.3, 0.4) is 0 Å². The van der Waals surface area contributed by atoms with E-state index in [-0.39, 0.29) is 15.8 Å². The topological polar surface area (TPSA) is 58.2 Å². The Morgan fingerprint density at radius 3 is 2.68 bits per heavy atom. The lowest BCUT2D eigenvalue weighted by molar-refractivity contribution is -0.137. The largest absolute Gasteiger partial charge is 0.418 e. The molecule has 1 saturated heterocycles. The smallest absolute Gasteiger partial charge is 0.325 e. The van der Waals surface area contributed by atoms with Crippen LogP contribution in [-0.4, -0.2) is 21.4 Å². The lowest BCUT2D eigenvalue weighted by Crippen LogP contribution is -2.28. The standard InChI is InChI=1S/C12H8ClF3N2O2S2/c13-5-1-2-7(6(3-5)12(14,15)16)17-9(19)4-8-10(20)18-11(21)22-8/h1-3,8H,4H2,(H,17,19)(H,18,20,21)/t8-/m0/s1. The van der Waals surface area contributed by atoms with E-state index in [1.165, 1.54) is 6.07 Å². The van der Waals surface area contributed by atoms with E-state index in [2.05, 4.69) is 10.6 Å². The Labute approximate surface area is 137 Å². The second-order valence-corrected chi connectivity index (χ2v) is 6.64. The molecule has 22 heavy (non-hydrogen) atoms. The first-order valence-electron chi connectivity index (χ1n) is 5.85. The van der Waals surface area contributed by atoms with Crippen LogP contribution in [0, 0.1) is 0 Å². The van der Waals surface area contributed by atoms with Crippen molar-refractivity contribution >= 4 is 57.4 Å². The summed E-state index contributed by atoms with van der Waals surface area (Å²) >= 11 is 11.3. The van der Waals surface area contributed by atoms with Gasteiger partial charge in [-0.3, -0.25) is 9.59 Å². The molecule has 4 nitrogen and oxygen atoms in total. The van der Waals surface area contributed by atoms with Crippen molar-refractivity contribution in [2.24, 2.45) is 0 Å². The number of benzene rings is 1. The average molecular weight is 369 g/mol. The Morgan fingerprint density at radius 2 is 2.14 bits per heavy atom. The fraction of sp³-hybridized carbons (Fsp3) is 0.250. The molecule has 1 heterocycles. The molecule has 2 rings (SSSR count). The zero-order valence-electron chi connectivity index (χ0n) is 10.7. The molecule has 1 aromatic carbocycles. The number of amides is 2. The molecule has 0 spiro atoms. The number of halogens is 4. The highest BCUT2D eigenvalue weighted by Gasteiger charge is 2.35. The summed E-state index contributed by atoms with van der Waals surface area (Å²) in [6, 6.07) is 3.03. The van der Waals surface area contributed by atoms with Crippen LogP contribution in [0.5, 0.6) is 0 Å². The molecule has 1 atom stereocenters. The van der Waals surface area contributed by atoms with Crippen molar-refractivity contribution in [3.05, 3.63) is 28.8 Å². The molecular formula is C12H8ClF3N2O2S2. The van der Waals surface area contributed by atoms with Gasteiger partial charge in [-0.15, -0.1) is 0 Å². The number of thioether (sulfide) groups is 1. The van der Waals surface area contributed by atoms with Crippen molar-refractivity contribution in [1.29, 1.82) is 0 Å². The predicted octanol–water partition coefficient (Wildman–Crippen LogP) is 3.20. The average Bonchev–Trinajstić information content (AvgIpc) is 2.68. The number of rotatable bonds is 3. The van der Waals surface area contributed by atoms with E-state index in [0.717, 1.165) is 23.9 Å². The van der Waals surface area contributed by atoms with E-state index in [1.54, 1.807) is 0 Å². The van der Waals surface area contributed by atoms with Crippen LogP contribution in [-0.2, 0) is 15.8 Å². The van der Waals surface area contributed by atoms with Crippen LogP contribution in [0.15, 0.2) is 18.2 Å². The summed E-state index contributed by atoms with van der Waals surface area (Å²) in [5, 5.41) is 3.67. The van der Waals surface area contributed by atoms with E-state index in [1.807, 2.05) is 0 Å². The third-order valence-corrected chi connectivity index (χ3v) is 4.31. The van der Waals surface area contributed by atoms with E-state index < -0.39 is 34.5 Å². The second kappa shape index (κ2) is 6.43. The maximum absolute atomic E-state index is 12.9. The molecule has 10 heteroatoms. The van der Waals surface area contributed by atoms with Crippen molar-refractivity contribution < 1.29 is 22.8 Å². The molecule has 0 unspecified atom stereocenters. The molecular weight excluding hydrogens is 361 g/mol. The molecule has 1 aliphatic rings. The van der Waals surface area contributed by atoms with E-state index in [9.17, 15) is 22.8 Å². The fourth-order valence-electron chi connectivity index (χ4n) is 1.76. The molecule has 0 radical (unpaired) electrons. The highest BCUT2D eigenvalue weighted by molar-refractivity contribution is 8.24. The Kier molecular flexibility index (Phi) is 4.98. The van der Waals surface area contributed by atoms with Crippen molar-refractivity contribution in [2.75, 3.05) is 5.32 Å². The number of anilines is 1. The maximum Gasteiger partial charge on any atom is 0.418 e. The monoisotopic (exact) mass is 368 g/mol. The summed E-state index contributed by atoms with van der Waals surface area (Å²) in [6.07, 6.45) is -4.94. The summed E-state index contributed by atoms with van der Waals surface area (Å²) in [5.41, 5.74) is -1.46. The Morgan fingerprint density at radius 1 is 1.45 bits per heavy atom. The summed E-state index contributed by atoms with van der Waals surface area (Å²) in [4.78, 5) is 23.3. The van der Waals surface area contributed by atoms with Gasteiger partial charge in [0.2, 0.25) is 11.8 Å². The molecule has 1 aromatic rings. The number of carbonyl (C=O) groups excluding carboxylic acids is 2. The summed E-state index contributed by atoms with van der Waals surface area (Å²) in [6.45, 7) is 0. The van der Waals surface area contributed by atoms with Gasteiger partial charge in [-0.2, -0.15) is 13.2 Å². The fourth-order valence-corrected chi connectivity index (χ4v) is 3.20. The quantitative estimate of drug-likeness (QED) is 0.804. The van der Waals surface area contributed by atoms with E-state index >= 15 is 0 Å². The minimum atomic E-state index is -4.66. The number of hydrogen-bond donors (Lipinski definition) is 2. The van der Waals surface area contributed by atoms with Gasteiger partial charge >= 0.3 is 6.18 Å². The normalized spacial score (nSPS) is 18.3. The van der Waals surface area contributed by atoms with Crippen LogP contribution in [0.4, 0.5) is 18.9 Å². The molecule has 0 saturated carbocycles. The Balaban J connectivity index is 2.12. The summed E-state index contributed by atoms with van der Waals surface area (Å²) in [5.74, 6) is -1.15. The molecule has 0 aromatic heterocycles. The van der Waals surface area contributed by atoms with Crippen LogP contribution >= 0.6 is 35.6 Å². The van der Waals surface area contributed by atoms with Gasteiger partial charge in [0.15, 0.2) is 0 Å². The third-order valence-electron chi connectivity index (χ3n) is 2.70. The van der Waals surface area contributed by atoms with E-state index in [0.29, 0.717) is 0 Å². The molecule has 2 N–H and O–H groups in total. The maximum atomic E-state index is 12.9. The minimum absolute atomic E-state index is 0.0959. The van der Waals surface area contributed by atoms with Crippen molar-refractivity contribution in [2.45, 2.75) is 17.8 Å². The van der Waals surface area contributed by atoms with Crippen LogP contribution in [0.1, 0.15) is 12.0 Å². The predicted molar refractivity (Wildman–Crippen MR) is 81.8 cm³/mol. The lowest BCUT2D eigenvalue weighted by atomic mass is 10.1. The molecule has 2 amide bonds. The highest BCUT2D eigenvalue weighted by Crippen LogP contribution is 2.36. The Bertz CT molecular complexity index is 652. The zero-order valence-corrected chi connectivity index (χ0v) is 13.1. The number of carbonyl (C=O) groups is 2. The first kappa shape index (κ1) is 17.0. The molecule has 1 fully saturated rings. The second-order valence-electron chi connectivity index (χ2n) is 4.32. The van der Waals surface area contributed by atoms with Crippen LogP contribution in [0.25, 0.3) is 0 Å². The summed E-state index contributed by atoms with van der Waals surface area (Å²) < 4.78 is 38.9. The number of thiocarbonyl (C=S) groups is 1. The Hall–Kier alpha value is -1.32. The van der Waals surface area contributed by atoms with Crippen LogP contribution in [0.2, 0.25) is 5.02 Å². The van der Waals surface area contributed by atoms with Gasteiger partial charge in [0, 0.05) is 11.4 Å². The van der Waals surface area contributed by atoms with Gasteiger partial charge in [-0.1, -0.05) is 35.6 Å². The van der Waals surface area contributed by atoms with Gasteiger partial charge in [-0.05, 0) is 18.2 Å². The van der Waals surface area contributed by atoms with E-state index in [4.69, 9.17) is 23.8 Å². The van der Waals surface area contributed by atoms with Crippen molar-refractivity contribution in [3.63, 3.8) is 0 Å².